The summed E-state index contributed by atoms with van der Waals surface area (Å²) in [4.78, 5) is 35.9. The number of phenols is 1. The van der Waals surface area contributed by atoms with E-state index in [9.17, 15) is 14.7 Å². The van der Waals surface area contributed by atoms with Crippen molar-refractivity contribution in [2.45, 2.75) is 67.0 Å². The van der Waals surface area contributed by atoms with Crippen LogP contribution in [0.4, 0.5) is 5.69 Å². The third-order valence-corrected chi connectivity index (χ3v) is 7.92. The second-order valence-corrected chi connectivity index (χ2v) is 12.2. The Morgan fingerprint density at radius 3 is 1.83 bits per heavy atom. The van der Waals surface area contributed by atoms with Gasteiger partial charge >= 0.3 is 0 Å². The second-order valence-electron chi connectivity index (χ2n) is 12.2. The van der Waals surface area contributed by atoms with Crippen LogP contribution in [0.15, 0.2) is 66.7 Å². The van der Waals surface area contributed by atoms with Crippen molar-refractivity contribution in [2.75, 3.05) is 51.8 Å². The fourth-order valence-corrected chi connectivity index (χ4v) is 4.85. The van der Waals surface area contributed by atoms with Crippen LogP contribution in [0, 0.1) is 17.7 Å². The zero-order valence-corrected chi connectivity index (χ0v) is 32.1. The highest BCUT2D eigenvalue weighted by atomic mass is 16.3. The smallest absolute Gasteiger partial charge is 0.290 e. The fraction of sp³-hybridized carbons (Fsp3) is 0.425. The maximum Gasteiger partial charge on any atom is 0.290 e. The summed E-state index contributed by atoms with van der Waals surface area (Å²) in [6.07, 6.45) is 1.09. The summed E-state index contributed by atoms with van der Waals surface area (Å²) in [6, 6.07) is 21.5. The van der Waals surface area contributed by atoms with E-state index in [-0.39, 0.29) is 41.2 Å². The van der Waals surface area contributed by atoms with E-state index in [0.717, 1.165) is 64.0 Å². The van der Waals surface area contributed by atoms with Gasteiger partial charge in [0, 0.05) is 58.5 Å². The maximum absolute atomic E-state index is 11.6. The highest BCUT2D eigenvalue weighted by Gasteiger charge is 2.22. The molecule has 0 aromatic heterocycles. The molecule has 0 radical (unpaired) electrons. The number of aryl methyl sites for hydroxylation is 1. The average molecular weight is 721 g/mol. The molecular formula is C40H60N6O6. The summed E-state index contributed by atoms with van der Waals surface area (Å²) < 4.78 is 0. The van der Waals surface area contributed by atoms with Crippen LogP contribution in [0.3, 0.4) is 0 Å². The number of aldehydes is 1. The van der Waals surface area contributed by atoms with Crippen molar-refractivity contribution in [3.8, 4) is 5.75 Å². The molecule has 0 aliphatic carbocycles. The molecule has 6 N–H and O–H groups in total. The number of aromatic hydroxyl groups is 1. The van der Waals surface area contributed by atoms with E-state index in [1.165, 1.54) is 16.0 Å². The van der Waals surface area contributed by atoms with Gasteiger partial charge in [0.05, 0.1) is 5.56 Å². The number of rotatable bonds is 10. The van der Waals surface area contributed by atoms with E-state index >= 15 is 0 Å². The lowest BCUT2D eigenvalue weighted by molar-refractivity contribution is -0.123. The van der Waals surface area contributed by atoms with Gasteiger partial charge in [-0.3, -0.25) is 35.1 Å². The van der Waals surface area contributed by atoms with Gasteiger partial charge in [-0.05, 0) is 74.3 Å². The molecule has 3 aromatic carbocycles. The topological polar surface area (TPSA) is 181 Å². The number of hydrogen-bond donors (Lipinski definition) is 6. The predicted molar refractivity (Wildman–Crippen MR) is 211 cm³/mol. The van der Waals surface area contributed by atoms with E-state index < -0.39 is 0 Å². The summed E-state index contributed by atoms with van der Waals surface area (Å²) in [5.74, 6) is -0.0579. The zero-order valence-electron chi connectivity index (χ0n) is 32.1. The molecule has 1 aliphatic rings. The molecule has 1 fully saturated rings. The SMILES string of the molecule is CCC(C)=O.CCNC.CO.Cc1cccc(CN2CCN(Cc3ccc(N(C(=N)C=O)C(=N)c4cc(C(C)C)ccc4O)cc3)CC2)c1.O=CO. The molecular weight excluding hydrogens is 660 g/mol. The van der Waals surface area contributed by atoms with Crippen LogP contribution in [-0.4, -0.2) is 102 Å². The largest absolute Gasteiger partial charge is 0.507 e. The van der Waals surface area contributed by atoms with Crippen molar-refractivity contribution in [1.82, 2.24) is 15.1 Å². The quantitative estimate of drug-likeness (QED) is 0.0868. The molecule has 0 spiro atoms. The Bertz CT molecular complexity index is 1500. The van der Waals surface area contributed by atoms with Crippen LogP contribution in [0.5, 0.6) is 5.75 Å². The summed E-state index contributed by atoms with van der Waals surface area (Å²) in [6.45, 7) is 18.3. The first-order valence-electron chi connectivity index (χ1n) is 17.4. The van der Waals surface area contributed by atoms with E-state index in [1.807, 2.05) is 58.2 Å². The standard InChI is InChI=1S/C31H37N5O2.C4H8O.C3H9N.CH2O2.CH4O/c1-22(2)26-9-12-29(38)28(18-26)31(33)36(30(32)21-37)27-10-7-24(8-11-27)19-34-13-15-35(16-14-34)20-25-6-4-5-23(3)17-25;1-3-4(2)5;1-3-4-2;2-1-3;1-2/h4-12,17-18,21-22,32-33,38H,13-16,19-20H2,1-3H3;3H2,1-2H3;4H,3H2,1-2H3;1H,(H,2,3);2H,1H3. The van der Waals surface area contributed by atoms with Crippen molar-refractivity contribution in [1.29, 1.82) is 10.8 Å². The van der Waals surface area contributed by atoms with E-state index in [1.54, 1.807) is 19.1 Å². The molecule has 3 aromatic rings. The lowest BCUT2D eigenvalue weighted by atomic mass is 9.99. The Balaban J connectivity index is 0.00000160. The number of carbonyl (C=O) groups is 3. The zero-order chi connectivity index (χ0) is 39.6. The van der Waals surface area contributed by atoms with Gasteiger partial charge in [-0.1, -0.05) is 75.7 Å². The number of benzene rings is 3. The number of phenolic OH excluding ortho intramolecular Hbond substituents is 1. The van der Waals surface area contributed by atoms with Crippen molar-refractivity contribution in [3.63, 3.8) is 0 Å². The van der Waals surface area contributed by atoms with E-state index in [4.69, 9.17) is 25.8 Å². The molecule has 0 atom stereocenters. The van der Waals surface area contributed by atoms with Crippen LogP contribution in [0.25, 0.3) is 0 Å². The summed E-state index contributed by atoms with van der Waals surface area (Å²) in [7, 11) is 2.93. The molecule has 52 heavy (non-hydrogen) atoms. The van der Waals surface area contributed by atoms with Crippen molar-refractivity contribution < 1.29 is 29.7 Å². The highest BCUT2D eigenvalue weighted by molar-refractivity contribution is 6.41. The number of piperazine rings is 1. The third kappa shape index (κ3) is 17.5. The number of Topliss-reactive ketones (excluding diaryl/α,β-unsaturated/α-hetero) is 1. The number of hydrogen-bond acceptors (Lipinski definition) is 10. The van der Waals surface area contributed by atoms with Gasteiger partial charge in [0.25, 0.3) is 6.47 Å². The van der Waals surface area contributed by atoms with Gasteiger partial charge in [0.15, 0.2) is 12.1 Å². The number of nitrogens with zero attached hydrogens (tertiary/aromatic N) is 3. The number of amidine groups is 2. The maximum atomic E-state index is 11.6. The van der Waals surface area contributed by atoms with E-state index in [2.05, 4.69) is 53.2 Å². The molecule has 1 heterocycles. The summed E-state index contributed by atoms with van der Waals surface area (Å²) in [5, 5.41) is 44.2. The van der Waals surface area contributed by atoms with Crippen LogP contribution in [0.2, 0.25) is 0 Å². The minimum atomic E-state index is -0.359. The normalized spacial score (nSPS) is 12.2. The molecule has 0 unspecified atom stereocenters. The fourth-order valence-electron chi connectivity index (χ4n) is 4.85. The molecule has 286 valence electrons. The number of ketones is 1. The van der Waals surface area contributed by atoms with Gasteiger partial charge in [0.2, 0.25) is 0 Å². The number of carboxylic acid groups (broad SMARTS) is 1. The Kier molecular flexibility index (Phi) is 24.5. The predicted octanol–water partition coefficient (Wildman–Crippen LogP) is 5.67. The number of anilines is 1. The number of carbonyl (C=O) groups excluding carboxylic acids is 2. The molecule has 1 saturated heterocycles. The first kappa shape index (κ1) is 47.2. The van der Waals surface area contributed by atoms with Gasteiger partial charge < -0.3 is 25.4 Å². The van der Waals surface area contributed by atoms with Gasteiger partial charge in [0.1, 0.15) is 17.4 Å². The van der Waals surface area contributed by atoms with Crippen molar-refractivity contribution in [3.05, 3.63) is 94.5 Å². The lowest BCUT2D eigenvalue weighted by Gasteiger charge is -2.35. The minimum absolute atomic E-state index is 0.0544. The highest BCUT2D eigenvalue weighted by Crippen LogP contribution is 2.27. The van der Waals surface area contributed by atoms with E-state index in [0.29, 0.717) is 18.4 Å². The third-order valence-electron chi connectivity index (χ3n) is 7.92. The number of nitrogens with one attached hydrogen (secondary N) is 3. The Labute approximate surface area is 310 Å². The summed E-state index contributed by atoms with van der Waals surface area (Å²) >= 11 is 0. The second kappa shape index (κ2) is 27.0. The van der Waals surface area contributed by atoms with Crippen LogP contribution in [-0.2, 0) is 27.5 Å². The first-order chi connectivity index (χ1) is 24.8. The molecule has 4 rings (SSSR count). The Hall–Kier alpha value is -4.75. The molecule has 0 amide bonds. The van der Waals surface area contributed by atoms with Crippen molar-refractivity contribution in [2.24, 2.45) is 0 Å². The average Bonchev–Trinajstić information content (AvgIpc) is 3.14. The monoisotopic (exact) mass is 720 g/mol. The summed E-state index contributed by atoms with van der Waals surface area (Å²) in [5.41, 5.74) is 5.57. The van der Waals surface area contributed by atoms with Crippen LogP contribution in [0.1, 0.15) is 74.8 Å². The Morgan fingerprint density at radius 2 is 1.40 bits per heavy atom. The Morgan fingerprint density at radius 1 is 0.904 bits per heavy atom. The molecule has 12 heteroatoms. The molecule has 1 aliphatic heterocycles. The van der Waals surface area contributed by atoms with Gasteiger partial charge in [-0.15, -0.1) is 0 Å². The van der Waals surface area contributed by atoms with Gasteiger partial charge in [-0.2, -0.15) is 0 Å². The minimum Gasteiger partial charge on any atom is -0.507 e. The number of aliphatic hydroxyl groups excluding tert-OH is 1. The molecule has 0 saturated carbocycles. The molecule has 12 nitrogen and oxygen atoms in total. The molecule has 0 bridgehead atoms. The lowest BCUT2D eigenvalue weighted by Crippen LogP contribution is -2.45. The van der Waals surface area contributed by atoms with Crippen LogP contribution >= 0.6 is 0 Å². The van der Waals surface area contributed by atoms with Crippen LogP contribution < -0.4 is 10.2 Å². The first-order valence-corrected chi connectivity index (χ1v) is 17.4. The van der Waals surface area contributed by atoms with Gasteiger partial charge in [-0.25, -0.2) is 0 Å². The number of aliphatic hydroxyl groups is 1. The van der Waals surface area contributed by atoms with Crippen molar-refractivity contribution >= 4 is 35.9 Å².